The van der Waals surface area contributed by atoms with E-state index in [2.05, 4.69) is 25.5 Å². The molecule has 2 N–H and O–H groups in total. The molecule has 0 saturated carbocycles. The number of benzene rings is 2. The average molecular weight is 460 g/mol. The zero-order chi connectivity index (χ0) is 23.6. The summed E-state index contributed by atoms with van der Waals surface area (Å²) in [7, 11) is 0. The molecule has 0 spiro atoms. The van der Waals surface area contributed by atoms with Gasteiger partial charge in [-0.05, 0) is 60.8 Å². The third-order valence-electron chi connectivity index (χ3n) is 5.65. The molecule has 0 aliphatic carbocycles. The maximum Gasteiger partial charge on any atom is 0.256 e. The van der Waals surface area contributed by atoms with Crippen LogP contribution in [0.25, 0.3) is 0 Å². The first-order chi connectivity index (χ1) is 16.7. The quantitative estimate of drug-likeness (QED) is 0.478. The first-order valence-electron chi connectivity index (χ1n) is 11.5. The van der Waals surface area contributed by atoms with E-state index in [-0.39, 0.29) is 11.8 Å². The predicted molar refractivity (Wildman–Crippen MR) is 130 cm³/mol. The number of carbonyl (C=O) groups excluding carboxylic acids is 2. The highest BCUT2D eigenvalue weighted by Gasteiger charge is 2.11. The predicted octanol–water partition coefficient (Wildman–Crippen LogP) is 2.77. The first-order valence-corrected chi connectivity index (χ1v) is 11.5. The van der Waals surface area contributed by atoms with Gasteiger partial charge in [-0.25, -0.2) is 9.97 Å². The summed E-state index contributed by atoms with van der Waals surface area (Å²) in [6.45, 7) is 5.09. The lowest BCUT2D eigenvalue weighted by Gasteiger charge is -2.26. The van der Waals surface area contributed by atoms with Crippen molar-refractivity contribution in [1.82, 2.24) is 20.2 Å². The molecule has 8 heteroatoms. The van der Waals surface area contributed by atoms with Crippen molar-refractivity contribution >= 4 is 17.6 Å². The SMILES string of the molecule is O=C(NCCCN1CCOCC1)c1cccc(Cc2cccc(C(=O)Nc3ccncn3)c2)c1. The number of anilines is 1. The summed E-state index contributed by atoms with van der Waals surface area (Å²) in [5, 5.41) is 5.78. The summed E-state index contributed by atoms with van der Waals surface area (Å²) >= 11 is 0. The number of ether oxygens (including phenoxy) is 1. The van der Waals surface area contributed by atoms with Crippen LogP contribution in [-0.2, 0) is 11.2 Å². The Morgan fingerprint density at radius 2 is 1.65 bits per heavy atom. The van der Waals surface area contributed by atoms with Gasteiger partial charge in [0, 0.05) is 37.0 Å². The number of morpholine rings is 1. The second kappa shape index (κ2) is 12.0. The van der Waals surface area contributed by atoms with Gasteiger partial charge < -0.3 is 15.4 Å². The minimum Gasteiger partial charge on any atom is -0.379 e. The van der Waals surface area contributed by atoms with Gasteiger partial charge in [-0.3, -0.25) is 14.5 Å². The Kier molecular flexibility index (Phi) is 8.32. The van der Waals surface area contributed by atoms with Crippen LogP contribution in [0, 0.1) is 0 Å². The van der Waals surface area contributed by atoms with Gasteiger partial charge in [0.05, 0.1) is 13.2 Å². The van der Waals surface area contributed by atoms with Crippen molar-refractivity contribution < 1.29 is 14.3 Å². The van der Waals surface area contributed by atoms with E-state index >= 15 is 0 Å². The monoisotopic (exact) mass is 459 g/mol. The zero-order valence-corrected chi connectivity index (χ0v) is 19.1. The van der Waals surface area contributed by atoms with Gasteiger partial charge in [0.2, 0.25) is 0 Å². The van der Waals surface area contributed by atoms with Gasteiger partial charge in [-0.15, -0.1) is 0 Å². The standard InChI is InChI=1S/C26H29N5O3/c32-25(28-9-3-11-31-12-14-34-15-13-31)22-6-1-4-20(17-22)16-21-5-2-7-23(18-21)26(33)30-24-8-10-27-19-29-24/h1-2,4-8,10,17-19H,3,9,11-16H2,(H,28,32)(H,27,29,30,33). The number of aromatic nitrogens is 2. The molecule has 2 amide bonds. The fourth-order valence-electron chi connectivity index (χ4n) is 3.87. The minimum atomic E-state index is -0.231. The van der Waals surface area contributed by atoms with Gasteiger partial charge in [0.25, 0.3) is 11.8 Å². The molecule has 1 aromatic heterocycles. The maximum atomic E-state index is 12.6. The molecule has 0 unspecified atom stereocenters. The Hall–Kier alpha value is -3.62. The molecule has 0 bridgehead atoms. The molecular formula is C26H29N5O3. The largest absolute Gasteiger partial charge is 0.379 e. The van der Waals surface area contributed by atoms with Crippen LogP contribution in [0.5, 0.6) is 0 Å². The lowest BCUT2D eigenvalue weighted by Crippen LogP contribution is -2.38. The normalized spacial score (nSPS) is 13.9. The van der Waals surface area contributed by atoms with Gasteiger partial charge in [0.15, 0.2) is 0 Å². The Balaban J connectivity index is 1.30. The topological polar surface area (TPSA) is 96.5 Å². The molecule has 2 aromatic carbocycles. The minimum absolute atomic E-state index is 0.0678. The van der Waals surface area contributed by atoms with Crippen molar-refractivity contribution in [2.45, 2.75) is 12.8 Å². The molecule has 1 aliphatic rings. The summed E-state index contributed by atoms with van der Waals surface area (Å²) < 4.78 is 5.36. The van der Waals surface area contributed by atoms with Crippen LogP contribution in [-0.4, -0.2) is 66.1 Å². The zero-order valence-electron chi connectivity index (χ0n) is 19.1. The van der Waals surface area contributed by atoms with Crippen LogP contribution >= 0.6 is 0 Å². The van der Waals surface area contributed by atoms with Crippen LogP contribution in [0.4, 0.5) is 5.82 Å². The van der Waals surface area contributed by atoms with Crippen LogP contribution < -0.4 is 10.6 Å². The second-order valence-electron chi connectivity index (χ2n) is 8.19. The summed E-state index contributed by atoms with van der Waals surface area (Å²) in [5.41, 5.74) is 3.18. The molecule has 3 aromatic rings. The maximum absolute atomic E-state index is 12.6. The molecule has 1 fully saturated rings. The van der Waals surface area contributed by atoms with E-state index in [1.165, 1.54) is 6.33 Å². The van der Waals surface area contributed by atoms with Gasteiger partial charge in [-0.1, -0.05) is 24.3 Å². The molecule has 1 aliphatic heterocycles. The second-order valence-corrected chi connectivity index (χ2v) is 8.19. The van der Waals surface area contributed by atoms with Crippen molar-refractivity contribution in [3.05, 3.63) is 89.4 Å². The van der Waals surface area contributed by atoms with Crippen molar-refractivity contribution in [3.8, 4) is 0 Å². The molecule has 1 saturated heterocycles. The summed E-state index contributed by atoms with van der Waals surface area (Å²) in [5.74, 6) is 0.154. The smallest absolute Gasteiger partial charge is 0.256 e. The van der Waals surface area contributed by atoms with E-state index in [0.717, 1.165) is 50.4 Å². The van der Waals surface area contributed by atoms with Gasteiger partial charge >= 0.3 is 0 Å². The molecule has 4 rings (SSSR count). The van der Waals surface area contributed by atoms with Crippen LogP contribution in [0.3, 0.4) is 0 Å². The number of nitrogens with one attached hydrogen (secondary N) is 2. The third kappa shape index (κ3) is 6.94. The fraction of sp³-hybridized carbons (Fsp3) is 0.308. The van der Waals surface area contributed by atoms with Crippen molar-refractivity contribution in [1.29, 1.82) is 0 Å². The van der Waals surface area contributed by atoms with Crippen LogP contribution in [0.2, 0.25) is 0 Å². The first kappa shape index (κ1) is 23.5. The van der Waals surface area contributed by atoms with Crippen molar-refractivity contribution in [2.24, 2.45) is 0 Å². The molecule has 8 nitrogen and oxygen atoms in total. The molecule has 0 atom stereocenters. The van der Waals surface area contributed by atoms with E-state index in [1.54, 1.807) is 18.3 Å². The third-order valence-corrected chi connectivity index (χ3v) is 5.65. The van der Waals surface area contributed by atoms with E-state index in [1.807, 2.05) is 42.5 Å². The molecule has 2 heterocycles. The fourth-order valence-corrected chi connectivity index (χ4v) is 3.87. The van der Waals surface area contributed by atoms with E-state index < -0.39 is 0 Å². The number of carbonyl (C=O) groups is 2. The Bertz CT molecular complexity index is 1100. The van der Waals surface area contributed by atoms with Gasteiger partial charge in [-0.2, -0.15) is 0 Å². The summed E-state index contributed by atoms with van der Waals surface area (Å²) in [4.78, 5) is 35.4. The lowest BCUT2D eigenvalue weighted by atomic mass is 10.0. The highest BCUT2D eigenvalue weighted by Crippen LogP contribution is 2.14. The lowest BCUT2D eigenvalue weighted by molar-refractivity contribution is 0.0374. The number of nitrogens with zero attached hydrogens (tertiary/aromatic N) is 3. The molecule has 176 valence electrons. The summed E-state index contributed by atoms with van der Waals surface area (Å²) in [6.07, 6.45) is 4.49. The van der Waals surface area contributed by atoms with Crippen molar-refractivity contribution in [2.75, 3.05) is 44.7 Å². The number of hydrogen-bond donors (Lipinski definition) is 2. The number of amides is 2. The number of hydrogen-bond acceptors (Lipinski definition) is 6. The Morgan fingerprint density at radius 3 is 2.32 bits per heavy atom. The molecule has 34 heavy (non-hydrogen) atoms. The van der Waals surface area contributed by atoms with E-state index in [0.29, 0.717) is 29.9 Å². The molecule has 0 radical (unpaired) electrons. The van der Waals surface area contributed by atoms with Crippen LogP contribution in [0.1, 0.15) is 38.3 Å². The summed E-state index contributed by atoms with van der Waals surface area (Å²) in [6, 6.07) is 16.7. The highest BCUT2D eigenvalue weighted by atomic mass is 16.5. The Labute approximate surface area is 199 Å². The van der Waals surface area contributed by atoms with E-state index in [4.69, 9.17) is 4.74 Å². The van der Waals surface area contributed by atoms with E-state index in [9.17, 15) is 9.59 Å². The molecular weight excluding hydrogens is 430 g/mol. The van der Waals surface area contributed by atoms with Crippen molar-refractivity contribution in [3.63, 3.8) is 0 Å². The highest BCUT2D eigenvalue weighted by molar-refractivity contribution is 6.03. The van der Waals surface area contributed by atoms with Gasteiger partial charge in [0.1, 0.15) is 12.1 Å². The number of rotatable bonds is 9. The Morgan fingerprint density at radius 1 is 0.941 bits per heavy atom. The van der Waals surface area contributed by atoms with Crippen LogP contribution in [0.15, 0.2) is 67.1 Å². The average Bonchev–Trinajstić information content (AvgIpc) is 2.88.